The number of rotatable bonds is 16. The van der Waals surface area contributed by atoms with Gasteiger partial charge in [0.2, 0.25) is 5.91 Å². The summed E-state index contributed by atoms with van der Waals surface area (Å²) >= 11 is 0. The summed E-state index contributed by atoms with van der Waals surface area (Å²) in [4.78, 5) is 10.8. The number of primary amides is 1. The van der Waals surface area contributed by atoms with Gasteiger partial charge in [0.1, 0.15) is 0 Å². The van der Waals surface area contributed by atoms with Gasteiger partial charge in [-0.05, 0) is 19.3 Å². The average Bonchev–Trinajstić information content (AvgIpc) is 2.55. The molecular weight excluding hydrogens is 389 g/mol. The van der Waals surface area contributed by atoms with Crippen molar-refractivity contribution in [3.05, 3.63) is 12.2 Å². The zero-order chi connectivity index (χ0) is 20.3. The first-order chi connectivity index (χ1) is 12.2. The fourth-order valence-electron chi connectivity index (χ4n) is 2.55. The van der Waals surface area contributed by atoms with Crippen LogP contribution in [0.3, 0.4) is 0 Å². The van der Waals surface area contributed by atoms with Crippen LogP contribution in [0.1, 0.15) is 104 Å². The van der Waals surface area contributed by atoms with E-state index in [1.165, 1.54) is 70.6 Å². The van der Waals surface area contributed by atoms with Gasteiger partial charge >= 0.3 is 51.4 Å². The number of carbonyl (C=O) groups excluding carboxylic acids is 1. The molecule has 0 aliphatic rings. The third-order valence-corrected chi connectivity index (χ3v) is 5.04. The molecular formula is C20H40KNO4S. The van der Waals surface area contributed by atoms with E-state index < -0.39 is 10.1 Å². The molecule has 0 atom stereocenters. The van der Waals surface area contributed by atoms with E-state index in [1.54, 1.807) is 6.92 Å². The molecule has 0 saturated carbocycles. The van der Waals surface area contributed by atoms with Crippen molar-refractivity contribution in [2.45, 2.75) is 104 Å². The number of hydrogen-bond acceptors (Lipinski definition) is 4. The van der Waals surface area contributed by atoms with E-state index in [-0.39, 0.29) is 63.0 Å². The molecule has 0 saturated heterocycles. The minimum atomic E-state index is -3.92. The number of unbranched alkanes of at least 4 members (excludes halogenated alkanes) is 11. The van der Waals surface area contributed by atoms with Gasteiger partial charge in [0, 0.05) is 11.3 Å². The SMILES string of the molecule is C=C(CCCCCCCCCCCCCC)C(N)=O.CCCS(=O)(=O)[O-].[K+]. The summed E-state index contributed by atoms with van der Waals surface area (Å²) in [6.07, 6.45) is 17.2. The van der Waals surface area contributed by atoms with Gasteiger partial charge in [0.25, 0.3) is 0 Å². The molecule has 0 unspecified atom stereocenters. The summed E-state index contributed by atoms with van der Waals surface area (Å²) in [5.74, 6) is -0.587. The third-order valence-electron chi connectivity index (χ3n) is 4.13. The molecule has 2 N–H and O–H groups in total. The normalized spacial score (nSPS) is 10.5. The molecule has 0 aromatic heterocycles. The van der Waals surface area contributed by atoms with Crippen LogP contribution >= 0.6 is 0 Å². The van der Waals surface area contributed by atoms with Crippen LogP contribution in [0.4, 0.5) is 0 Å². The van der Waals surface area contributed by atoms with E-state index >= 15 is 0 Å². The van der Waals surface area contributed by atoms with Gasteiger partial charge in [-0.3, -0.25) is 4.79 Å². The number of amides is 1. The fourth-order valence-corrected chi connectivity index (χ4v) is 3.05. The molecule has 0 radical (unpaired) electrons. The first kappa shape index (κ1) is 32.4. The van der Waals surface area contributed by atoms with E-state index in [2.05, 4.69) is 13.5 Å². The molecule has 0 heterocycles. The van der Waals surface area contributed by atoms with Crippen molar-refractivity contribution in [1.29, 1.82) is 0 Å². The zero-order valence-corrected chi connectivity index (χ0v) is 21.9. The van der Waals surface area contributed by atoms with E-state index in [0.717, 1.165) is 12.8 Å². The summed E-state index contributed by atoms with van der Waals surface area (Å²) in [6.45, 7) is 7.58. The molecule has 7 heteroatoms. The molecule has 5 nitrogen and oxygen atoms in total. The Bertz CT molecular complexity index is 453. The predicted octanol–water partition coefficient (Wildman–Crippen LogP) is 2.06. The Balaban J connectivity index is -0.000000612. The topological polar surface area (TPSA) is 100 Å². The van der Waals surface area contributed by atoms with Crippen molar-refractivity contribution >= 4 is 16.0 Å². The number of carbonyl (C=O) groups is 1. The van der Waals surface area contributed by atoms with Crippen LogP contribution in [0.25, 0.3) is 0 Å². The van der Waals surface area contributed by atoms with Crippen LogP contribution in [-0.4, -0.2) is 24.6 Å². The third kappa shape index (κ3) is 31.7. The zero-order valence-electron chi connectivity index (χ0n) is 17.9. The molecule has 0 aliphatic heterocycles. The van der Waals surface area contributed by atoms with Crippen LogP contribution < -0.4 is 57.1 Å². The number of nitrogens with two attached hydrogens (primary N) is 1. The molecule has 0 aromatic carbocycles. The van der Waals surface area contributed by atoms with Gasteiger partial charge in [-0.15, -0.1) is 0 Å². The maximum Gasteiger partial charge on any atom is 1.00 e. The summed E-state index contributed by atoms with van der Waals surface area (Å²) < 4.78 is 29.0. The predicted molar refractivity (Wildman–Crippen MR) is 109 cm³/mol. The quantitative estimate of drug-likeness (QED) is 0.176. The largest absolute Gasteiger partial charge is 1.00 e. The van der Waals surface area contributed by atoms with Gasteiger partial charge in [-0.2, -0.15) is 0 Å². The van der Waals surface area contributed by atoms with Crippen LogP contribution in [-0.2, 0) is 14.9 Å². The molecule has 27 heavy (non-hydrogen) atoms. The maximum absolute atomic E-state index is 10.8. The van der Waals surface area contributed by atoms with Crippen molar-refractivity contribution in [2.75, 3.05) is 5.75 Å². The van der Waals surface area contributed by atoms with Crippen molar-refractivity contribution in [1.82, 2.24) is 0 Å². The van der Waals surface area contributed by atoms with Gasteiger partial charge in [-0.25, -0.2) is 8.42 Å². The minimum absolute atomic E-state index is 0. The Morgan fingerprint density at radius 2 is 1.19 bits per heavy atom. The molecule has 0 bridgehead atoms. The van der Waals surface area contributed by atoms with Gasteiger partial charge < -0.3 is 10.3 Å². The summed E-state index contributed by atoms with van der Waals surface area (Å²) in [6, 6.07) is 0. The summed E-state index contributed by atoms with van der Waals surface area (Å²) in [7, 11) is -3.92. The summed E-state index contributed by atoms with van der Waals surface area (Å²) in [5, 5.41) is 0. The molecule has 0 fully saturated rings. The Hall–Kier alpha value is 0.756. The van der Waals surface area contributed by atoms with Gasteiger partial charge in [-0.1, -0.05) is 91.1 Å². The number of hydrogen-bond donors (Lipinski definition) is 1. The van der Waals surface area contributed by atoms with Gasteiger partial charge in [0.15, 0.2) is 0 Å². The van der Waals surface area contributed by atoms with E-state index in [4.69, 9.17) is 5.73 Å². The Labute approximate surface area is 210 Å². The maximum atomic E-state index is 10.8. The second kappa shape index (κ2) is 23.0. The van der Waals surface area contributed by atoms with Crippen LogP contribution in [0.2, 0.25) is 0 Å². The van der Waals surface area contributed by atoms with E-state index in [9.17, 15) is 17.8 Å². The fraction of sp³-hybridized carbons (Fsp3) is 0.850. The first-order valence-electron chi connectivity index (χ1n) is 10.2. The molecule has 1 amide bonds. The molecule has 0 spiro atoms. The smallest absolute Gasteiger partial charge is 0.748 e. The first-order valence-corrected chi connectivity index (χ1v) is 11.7. The second-order valence-electron chi connectivity index (χ2n) is 6.87. The molecule has 0 aliphatic carbocycles. The Kier molecular flexibility index (Phi) is 27.7. The van der Waals surface area contributed by atoms with Crippen LogP contribution in [0, 0.1) is 0 Å². The summed E-state index contributed by atoms with van der Waals surface area (Å²) in [5.41, 5.74) is 5.71. The Morgan fingerprint density at radius 3 is 1.44 bits per heavy atom. The second-order valence-corrected chi connectivity index (χ2v) is 8.39. The molecule has 0 rings (SSSR count). The standard InChI is InChI=1S/C17H33NO.C3H8O3S.K/c1-3-4-5-6-7-8-9-10-11-12-13-14-15-16(2)17(18)19;1-2-3-7(4,5)6;/h2-15H2,1H3,(H2,18,19);2-3H2,1H3,(H,4,5,6);/q;;+1/p-1. The average molecular weight is 430 g/mol. The van der Waals surface area contributed by atoms with E-state index in [1.807, 2.05) is 0 Å². The Morgan fingerprint density at radius 1 is 0.815 bits per heavy atom. The van der Waals surface area contributed by atoms with Crippen molar-refractivity contribution in [3.63, 3.8) is 0 Å². The van der Waals surface area contributed by atoms with Crippen molar-refractivity contribution in [2.24, 2.45) is 5.73 Å². The molecule has 0 aromatic rings. The van der Waals surface area contributed by atoms with Crippen molar-refractivity contribution < 1.29 is 69.1 Å². The van der Waals surface area contributed by atoms with Crippen molar-refractivity contribution in [3.8, 4) is 0 Å². The van der Waals surface area contributed by atoms with E-state index in [0.29, 0.717) is 12.0 Å². The van der Waals surface area contributed by atoms with Crippen LogP contribution in [0.5, 0.6) is 0 Å². The molecule has 156 valence electrons. The van der Waals surface area contributed by atoms with Crippen LogP contribution in [0.15, 0.2) is 12.2 Å². The minimum Gasteiger partial charge on any atom is -0.748 e. The van der Waals surface area contributed by atoms with Gasteiger partial charge in [0.05, 0.1) is 10.1 Å². The monoisotopic (exact) mass is 429 g/mol.